The first-order valence-corrected chi connectivity index (χ1v) is 14.3. The standard InChI is InChI=1S/C28H23ClF5NO5S/c1-27(26(36)37)12-15(13-27)7-19-14-35(41(38,39)20-4-2-3-17(9-20)28(32,33)34)23-8-16(5-6-24(23)40-19)21-10-18(30)11-22(31)25(21)29/h2-6,8-11,15,19H,7,12-14H2,1H3,(H,36,37)/t15-,19?,27-. The van der Waals surface area contributed by atoms with Crippen molar-refractivity contribution in [2.75, 3.05) is 10.8 Å². The zero-order valence-corrected chi connectivity index (χ0v) is 23.0. The van der Waals surface area contributed by atoms with Crippen LogP contribution in [0.1, 0.15) is 31.7 Å². The first-order valence-electron chi connectivity index (χ1n) is 12.5. The number of aliphatic carboxylic acids is 1. The van der Waals surface area contributed by atoms with Gasteiger partial charge in [0.05, 0.1) is 33.1 Å². The maximum absolute atomic E-state index is 14.2. The fourth-order valence-electron chi connectivity index (χ4n) is 5.48. The van der Waals surface area contributed by atoms with Crippen LogP contribution in [0.5, 0.6) is 5.75 Å². The molecule has 0 spiro atoms. The van der Waals surface area contributed by atoms with Gasteiger partial charge in [-0.05, 0) is 74.1 Å². The molecule has 13 heteroatoms. The number of benzene rings is 3. The van der Waals surface area contributed by atoms with Crippen molar-refractivity contribution in [1.82, 2.24) is 0 Å². The van der Waals surface area contributed by atoms with E-state index >= 15 is 0 Å². The molecule has 0 amide bonds. The van der Waals surface area contributed by atoms with Gasteiger partial charge in [0.1, 0.15) is 23.5 Å². The molecule has 6 nitrogen and oxygen atoms in total. The Morgan fingerprint density at radius 2 is 1.83 bits per heavy atom. The molecule has 0 radical (unpaired) electrons. The quantitative estimate of drug-likeness (QED) is 0.235. The van der Waals surface area contributed by atoms with Crippen molar-refractivity contribution in [3.05, 3.63) is 76.8 Å². The monoisotopic (exact) mass is 615 g/mol. The molecule has 3 aromatic carbocycles. The van der Waals surface area contributed by atoms with Crippen LogP contribution in [0.4, 0.5) is 27.6 Å². The lowest BCUT2D eigenvalue weighted by atomic mass is 9.61. The summed E-state index contributed by atoms with van der Waals surface area (Å²) in [7, 11) is -4.60. The number of carboxylic acid groups (broad SMARTS) is 1. The topological polar surface area (TPSA) is 83.9 Å². The summed E-state index contributed by atoms with van der Waals surface area (Å²) in [5.74, 6) is -2.88. The normalized spacial score (nSPS) is 22.5. The van der Waals surface area contributed by atoms with E-state index in [1.165, 1.54) is 18.2 Å². The summed E-state index contributed by atoms with van der Waals surface area (Å²) in [6, 6.07) is 9.01. The molecule has 5 rings (SSSR count). The number of anilines is 1. The van der Waals surface area contributed by atoms with Gasteiger partial charge in [0.15, 0.2) is 0 Å². The van der Waals surface area contributed by atoms with Crippen molar-refractivity contribution in [2.45, 2.75) is 43.4 Å². The Morgan fingerprint density at radius 3 is 2.49 bits per heavy atom. The van der Waals surface area contributed by atoms with Crippen LogP contribution in [0.3, 0.4) is 0 Å². The summed E-state index contributed by atoms with van der Waals surface area (Å²) in [6.07, 6.45) is -4.51. The van der Waals surface area contributed by atoms with E-state index in [2.05, 4.69) is 0 Å². The minimum Gasteiger partial charge on any atom is -0.486 e. The fourth-order valence-corrected chi connectivity index (χ4v) is 7.25. The third-order valence-corrected chi connectivity index (χ3v) is 9.69. The minimum atomic E-state index is -4.79. The van der Waals surface area contributed by atoms with Crippen molar-refractivity contribution in [2.24, 2.45) is 11.3 Å². The molecule has 41 heavy (non-hydrogen) atoms. The lowest BCUT2D eigenvalue weighted by molar-refractivity contribution is -0.157. The van der Waals surface area contributed by atoms with Gasteiger partial charge in [0.25, 0.3) is 10.0 Å². The number of sulfonamides is 1. The second-order valence-electron chi connectivity index (χ2n) is 10.6. The number of hydrogen-bond acceptors (Lipinski definition) is 4. The van der Waals surface area contributed by atoms with Crippen molar-refractivity contribution < 1.29 is 45.0 Å². The van der Waals surface area contributed by atoms with E-state index in [1.807, 2.05) is 0 Å². The first-order chi connectivity index (χ1) is 19.1. The van der Waals surface area contributed by atoms with Gasteiger partial charge < -0.3 is 9.84 Å². The van der Waals surface area contributed by atoms with Gasteiger partial charge in [-0.2, -0.15) is 13.2 Å². The highest BCUT2D eigenvalue weighted by molar-refractivity contribution is 7.92. The second kappa shape index (κ2) is 10.2. The highest BCUT2D eigenvalue weighted by atomic mass is 35.5. The maximum atomic E-state index is 14.2. The molecule has 0 aromatic heterocycles. The summed E-state index contributed by atoms with van der Waals surface area (Å²) in [4.78, 5) is 10.9. The number of carbonyl (C=O) groups is 1. The smallest absolute Gasteiger partial charge is 0.416 e. The number of halogens is 6. The van der Waals surface area contributed by atoms with Crippen molar-refractivity contribution in [1.29, 1.82) is 0 Å². The Labute approximate surface area is 237 Å². The van der Waals surface area contributed by atoms with Crippen LogP contribution in [0.15, 0.2) is 59.5 Å². The van der Waals surface area contributed by atoms with E-state index in [9.17, 15) is 40.3 Å². The number of carboxylic acids is 1. The summed E-state index contributed by atoms with van der Waals surface area (Å²) < 4.78 is 103. The third kappa shape index (κ3) is 5.46. The third-order valence-electron chi connectivity index (χ3n) is 7.54. The number of ether oxygens (including phenoxy) is 1. The maximum Gasteiger partial charge on any atom is 0.416 e. The summed E-state index contributed by atoms with van der Waals surface area (Å²) >= 11 is 6.06. The van der Waals surface area contributed by atoms with Gasteiger partial charge in [-0.1, -0.05) is 23.7 Å². The minimum absolute atomic E-state index is 0.0547. The van der Waals surface area contributed by atoms with Crippen LogP contribution >= 0.6 is 11.6 Å². The van der Waals surface area contributed by atoms with Gasteiger partial charge >= 0.3 is 12.1 Å². The lowest BCUT2D eigenvalue weighted by Gasteiger charge is -2.44. The Kier molecular flexibility index (Phi) is 7.22. The van der Waals surface area contributed by atoms with Crippen molar-refractivity contribution in [3.63, 3.8) is 0 Å². The van der Waals surface area contributed by atoms with E-state index in [0.29, 0.717) is 31.4 Å². The molecule has 1 unspecified atom stereocenters. The summed E-state index contributed by atoms with van der Waals surface area (Å²) in [6.45, 7) is 1.33. The van der Waals surface area contributed by atoms with Gasteiger partial charge in [-0.25, -0.2) is 17.2 Å². The van der Waals surface area contributed by atoms with Gasteiger partial charge in [0, 0.05) is 11.6 Å². The van der Waals surface area contributed by atoms with E-state index in [-0.39, 0.29) is 35.0 Å². The first kappa shape index (κ1) is 29.1. The predicted octanol–water partition coefficient (Wildman–Crippen LogP) is 7.15. The van der Waals surface area contributed by atoms with E-state index in [1.54, 1.807) is 6.92 Å². The van der Waals surface area contributed by atoms with Crippen LogP contribution in [0.25, 0.3) is 11.1 Å². The van der Waals surface area contributed by atoms with E-state index in [4.69, 9.17) is 16.3 Å². The molecule has 1 aliphatic carbocycles. The lowest BCUT2D eigenvalue weighted by Crippen LogP contribution is -2.47. The molecule has 1 atom stereocenters. The molecule has 1 N–H and O–H groups in total. The van der Waals surface area contributed by atoms with Crippen LogP contribution in [-0.2, 0) is 21.0 Å². The van der Waals surface area contributed by atoms with Crippen molar-refractivity contribution >= 4 is 33.3 Å². The number of rotatable bonds is 6. The Morgan fingerprint density at radius 1 is 1.12 bits per heavy atom. The van der Waals surface area contributed by atoms with Crippen LogP contribution < -0.4 is 9.04 Å². The molecular weight excluding hydrogens is 593 g/mol. The van der Waals surface area contributed by atoms with E-state index in [0.717, 1.165) is 28.6 Å². The zero-order valence-electron chi connectivity index (χ0n) is 21.4. The molecule has 0 bridgehead atoms. The second-order valence-corrected chi connectivity index (χ2v) is 12.8. The van der Waals surface area contributed by atoms with Crippen molar-refractivity contribution in [3.8, 4) is 16.9 Å². The van der Waals surface area contributed by atoms with Crippen LogP contribution in [-0.4, -0.2) is 32.1 Å². The number of hydrogen-bond donors (Lipinski definition) is 1. The predicted molar refractivity (Wildman–Crippen MR) is 140 cm³/mol. The number of alkyl halides is 3. The summed E-state index contributed by atoms with van der Waals surface area (Å²) in [5, 5.41) is 9.02. The Bertz CT molecular complexity index is 1640. The van der Waals surface area contributed by atoms with E-state index < -0.39 is 60.8 Å². The highest BCUT2D eigenvalue weighted by Crippen LogP contribution is 2.49. The van der Waals surface area contributed by atoms with Gasteiger partial charge in [0.2, 0.25) is 0 Å². The Balaban J connectivity index is 1.56. The fraction of sp³-hybridized carbons (Fsp3) is 0.321. The molecule has 0 saturated heterocycles. The SMILES string of the molecule is C[C@]1(C(=O)O)C[C@H](CC2CN(S(=O)(=O)c3cccc(C(F)(F)F)c3)c3cc(-c4cc(F)cc(F)c4Cl)ccc3O2)C1. The summed E-state index contributed by atoms with van der Waals surface area (Å²) in [5.41, 5.74) is -2.01. The largest absolute Gasteiger partial charge is 0.486 e. The molecule has 1 heterocycles. The van der Waals surface area contributed by atoms with Crippen LogP contribution in [0, 0.1) is 23.0 Å². The Hall–Kier alpha value is -3.38. The van der Waals surface area contributed by atoms with Gasteiger partial charge in [-0.15, -0.1) is 0 Å². The zero-order chi connectivity index (χ0) is 29.9. The number of nitrogens with zero attached hydrogens (tertiary/aromatic N) is 1. The van der Waals surface area contributed by atoms with Gasteiger partial charge in [-0.3, -0.25) is 9.10 Å². The number of fused-ring (bicyclic) bond motifs is 1. The molecule has 218 valence electrons. The van der Waals surface area contributed by atoms with Crippen LogP contribution in [0.2, 0.25) is 5.02 Å². The molecule has 2 aliphatic rings. The molecule has 3 aromatic rings. The molecule has 1 aliphatic heterocycles. The molecule has 1 fully saturated rings. The molecule has 1 saturated carbocycles. The molecular formula is C28H23ClF5NO5S. The average molecular weight is 616 g/mol. The average Bonchev–Trinajstić information content (AvgIpc) is 2.88. The highest BCUT2D eigenvalue weighted by Gasteiger charge is 2.48.